The van der Waals surface area contributed by atoms with Crippen LogP contribution in [-0.4, -0.2) is 33.5 Å². The average Bonchev–Trinajstić information content (AvgIpc) is 3.21. The van der Waals surface area contributed by atoms with Crippen LogP contribution in [0.5, 0.6) is 0 Å². The highest BCUT2D eigenvalue weighted by Crippen LogP contribution is 2.25. The molecule has 0 unspecified atom stereocenters. The number of ether oxygens (including phenoxy) is 1. The van der Waals surface area contributed by atoms with Crippen LogP contribution < -0.4 is 5.32 Å². The van der Waals surface area contributed by atoms with Crippen molar-refractivity contribution in [2.24, 2.45) is 0 Å². The molecule has 0 saturated heterocycles. The smallest absolute Gasteiger partial charge is 0.191 e. The molecule has 0 fully saturated rings. The van der Waals surface area contributed by atoms with Gasteiger partial charge in [-0.15, -0.1) is 21.5 Å². The van der Waals surface area contributed by atoms with Gasteiger partial charge in [0.05, 0.1) is 12.3 Å². The van der Waals surface area contributed by atoms with Crippen LogP contribution in [0.1, 0.15) is 5.69 Å². The molecule has 3 aromatic rings. The fourth-order valence-corrected chi connectivity index (χ4v) is 3.58. The van der Waals surface area contributed by atoms with Gasteiger partial charge in [0.25, 0.3) is 0 Å². The van der Waals surface area contributed by atoms with E-state index in [1.807, 2.05) is 34.9 Å². The van der Waals surface area contributed by atoms with Crippen molar-refractivity contribution in [3.63, 3.8) is 0 Å². The molecule has 2 aromatic heterocycles. The maximum Gasteiger partial charge on any atom is 0.191 e. The van der Waals surface area contributed by atoms with Gasteiger partial charge in [0.2, 0.25) is 0 Å². The van der Waals surface area contributed by atoms with E-state index in [4.69, 9.17) is 4.74 Å². The van der Waals surface area contributed by atoms with Gasteiger partial charge in [-0.05, 0) is 12.1 Å². The summed E-state index contributed by atoms with van der Waals surface area (Å²) in [5.41, 5.74) is 2.07. The summed E-state index contributed by atoms with van der Waals surface area (Å²) in [7, 11) is 1.69. The molecule has 1 N–H and O–H groups in total. The molecule has 0 spiro atoms. The van der Waals surface area contributed by atoms with E-state index in [1.54, 1.807) is 36.5 Å². The predicted octanol–water partition coefficient (Wildman–Crippen LogP) is 3.42. The summed E-state index contributed by atoms with van der Waals surface area (Å²) in [6.45, 7) is 1.40. The number of benzene rings is 1. The van der Waals surface area contributed by atoms with Gasteiger partial charge < -0.3 is 14.6 Å². The van der Waals surface area contributed by atoms with Crippen molar-refractivity contribution in [1.82, 2.24) is 19.7 Å². The van der Waals surface area contributed by atoms with Gasteiger partial charge in [-0.2, -0.15) is 0 Å². The van der Waals surface area contributed by atoms with E-state index in [0.29, 0.717) is 6.61 Å². The maximum absolute atomic E-state index is 5.09. The van der Waals surface area contributed by atoms with E-state index < -0.39 is 0 Å². The normalized spacial score (nSPS) is 10.8. The lowest BCUT2D eigenvalue weighted by molar-refractivity contribution is 0.184. The monoisotopic (exact) mass is 347 g/mol. The van der Waals surface area contributed by atoms with Crippen molar-refractivity contribution >= 4 is 33.9 Å². The number of para-hydroxylation sites is 1. The second-order valence-electron chi connectivity index (χ2n) is 4.72. The van der Waals surface area contributed by atoms with Crippen LogP contribution in [0, 0.1) is 0 Å². The van der Waals surface area contributed by atoms with Gasteiger partial charge in [-0.1, -0.05) is 30.0 Å². The van der Waals surface area contributed by atoms with Gasteiger partial charge in [-0.25, -0.2) is 4.98 Å². The highest BCUT2D eigenvalue weighted by atomic mass is 32.2. The molecular formula is C15H17N5OS2. The Balaban J connectivity index is 1.56. The molecule has 0 aliphatic carbocycles. The molecule has 3 rings (SSSR count). The summed E-state index contributed by atoms with van der Waals surface area (Å²) in [5, 5.41) is 15.2. The lowest BCUT2D eigenvalue weighted by Gasteiger charge is -2.04. The number of nitrogens with zero attached hydrogens (tertiary/aromatic N) is 4. The Morgan fingerprint density at radius 3 is 3.00 bits per heavy atom. The first-order chi connectivity index (χ1) is 11.3. The number of aromatic nitrogens is 4. The van der Waals surface area contributed by atoms with E-state index >= 15 is 0 Å². The molecule has 0 radical (unpaired) electrons. The predicted molar refractivity (Wildman–Crippen MR) is 93.3 cm³/mol. The number of nitrogens with one attached hydrogen (secondary N) is 1. The molecule has 23 heavy (non-hydrogen) atoms. The number of thiazole rings is 1. The molecule has 0 amide bonds. The second kappa shape index (κ2) is 8.09. The standard InChI is InChI=1S/C15H17N5OS2/c1-21-8-7-20-11-16-19-15(20)23-10-13-9-22-14(18-13)17-12-5-3-2-4-6-12/h2-6,9,11H,7-8,10H2,1H3,(H,17,18). The molecular weight excluding hydrogens is 330 g/mol. The number of hydrogen-bond donors (Lipinski definition) is 1. The van der Waals surface area contributed by atoms with Gasteiger partial charge in [0.15, 0.2) is 10.3 Å². The third kappa shape index (κ3) is 4.54. The summed E-state index contributed by atoms with van der Waals surface area (Å²) in [6, 6.07) is 10.0. The van der Waals surface area contributed by atoms with Crippen molar-refractivity contribution in [3.05, 3.63) is 47.7 Å². The number of methoxy groups -OCH3 is 1. The summed E-state index contributed by atoms with van der Waals surface area (Å²) in [6.07, 6.45) is 1.73. The molecule has 0 aliphatic rings. The van der Waals surface area contributed by atoms with E-state index in [-0.39, 0.29) is 0 Å². The van der Waals surface area contributed by atoms with Gasteiger partial charge >= 0.3 is 0 Å². The molecule has 1 aromatic carbocycles. The largest absolute Gasteiger partial charge is 0.383 e. The zero-order valence-electron chi connectivity index (χ0n) is 12.7. The Bertz CT molecular complexity index is 728. The first kappa shape index (κ1) is 16.0. The fraction of sp³-hybridized carbons (Fsp3) is 0.267. The van der Waals surface area contributed by atoms with Crippen LogP contribution in [0.4, 0.5) is 10.8 Å². The van der Waals surface area contributed by atoms with Crippen LogP contribution in [0.2, 0.25) is 0 Å². The fourth-order valence-electron chi connectivity index (χ4n) is 1.91. The lowest BCUT2D eigenvalue weighted by Crippen LogP contribution is -2.04. The molecule has 6 nitrogen and oxygen atoms in total. The molecule has 0 atom stereocenters. The highest BCUT2D eigenvalue weighted by Gasteiger charge is 2.08. The highest BCUT2D eigenvalue weighted by molar-refractivity contribution is 7.98. The zero-order chi connectivity index (χ0) is 15.9. The quantitative estimate of drug-likeness (QED) is 0.630. The number of rotatable bonds is 8. The minimum absolute atomic E-state index is 0.646. The third-order valence-corrected chi connectivity index (χ3v) is 4.86. The summed E-state index contributed by atoms with van der Waals surface area (Å²) in [4.78, 5) is 4.60. The number of anilines is 2. The van der Waals surface area contributed by atoms with E-state index in [1.165, 1.54) is 0 Å². The van der Waals surface area contributed by atoms with Gasteiger partial charge in [0.1, 0.15) is 6.33 Å². The maximum atomic E-state index is 5.09. The summed E-state index contributed by atoms with van der Waals surface area (Å²) >= 11 is 3.23. The Kier molecular flexibility index (Phi) is 5.62. The van der Waals surface area contributed by atoms with E-state index in [0.717, 1.165) is 34.0 Å². The summed E-state index contributed by atoms with van der Waals surface area (Å²) in [5.74, 6) is 0.763. The van der Waals surface area contributed by atoms with Crippen LogP contribution in [-0.2, 0) is 17.0 Å². The molecule has 120 valence electrons. The average molecular weight is 347 g/mol. The number of thioether (sulfide) groups is 1. The SMILES string of the molecule is COCCn1cnnc1SCc1csc(Nc2ccccc2)n1. The minimum Gasteiger partial charge on any atom is -0.383 e. The number of hydrogen-bond acceptors (Lipinski definition) is 7. The molecule has 2 heterocycles. The lowest BCUT2D eigenvalue weighted by atomic mass is 10.3. The van der Waals surface area contributed by atoms with Crippen molar-refractivity contribution in [2.75, 3.05) is 19.0 Å². The van der Waals surface area contributed by atoms with Crippen LogP contribution in [0.25, 0.3) is 0 Å². The van der Waals surface area contributed by atoms with E-state index in [9.17, 15) is 0 Å². The Morgan fingerprint density at radius 2 is 2.17 bits per heavy atom. The second-order valence-corrected chi connectivity index (χ2v) is 6.52. The molecule has 0 bridgehead atoms. The van der Waals surface area contributed by atoms with Crippen LogP contribution >= 0.6 is 23.1 Å². The van der Waals surface area contributed by atoms with Crippen molar-refractivity contribution in [2.45, 2.75) is 17.5 Å². The first-order valence-electron chi connectivity index (χ1n) is 7.11. The van der Waals surface area contributed by atoms with Crippen molar-refractivity contribution in [1.29, 1.82) is 0 Å². The summed E-state index contributed by atoms with van der Waals surface area (Å²) < 4.78 is 7.08. The molecule has 0 saturated carbocycles. The minimum atomic E-state index is 0.646. The first-order valence-corrected chi connectivity index (χ1v) is 8.97. The Morgan fingerprint density at radius 1 is 1.30 bits per heavy atom. The van der Waals surface area contributed by atoms with E-state index in [2.05, 4.69) is 25.9 Å². The third-order valence-electron chi connectivity index (χ3n) is 3.04. The topological polar surface area (TPSA) is 64.9 Å². The molecule has 0 aliphatic heterocycles. The van der Waals surface area contributed by atoms with Crippen LogP contribution in [0.15, 0.2) is 47.2 Å². The zero-order valence-corrected chi connectivity index (χ0v) is 14.3. The van der Waals surface area contributed by atoms with Crippen molar-refractivity contribution < 1.29 is 4.74 Å². The van der Waals surface area contributed by atoms with Crippen molar-refractivity contribution in [3.8, 4) is 0 Å². The van der Waals surface area contributed by atoms with Gasteiger partial charge in [0, 0.05) is 30.5 Å². The Hall–Kier alpha value is -1.90. The van der Waals surface area contributed by atoms with Gasteiger partial charge in [-0.3, -0.25) is 0 Å². The Labute approximate surface area is 142 Å². The van der Waals surface area contributed by atoms with Crippen LogP contribution in [0.3, 0.4) is 0 Å². The molecule has 8 heteroatoms.